The van der Waals surface area contributed by atoms with E-state index in [9.17, 15) is 4.79 Å². The monoisotopic (exact) mass is 424 g/mol. The first-order valence-electron chi connectivity index (χ1n) is 9.07. The fraction of sp³-hybridized carbons (Fsp3) is 0.200. The Kier molecular flexibility index (Phi) is 5.68. The fourth-order valence-electron chi connectivity index (χ4n) is 2.89. The van der Waals surface area contributed by atoms with Gasteiger partial charge in [0, 0.05) is 36.8 Å². The lowest BCUT2D eigenvalue weighted by Gasteiger charge is -2.17. The number of rotatable bonds is 6. The third-order valence-electron chi connectivity index (χ3n) is 4.33. The molecule has 0 radical (unpaired) electrons. The van der Waals surface area contributed by atoms with Gasteiger partial charge < -0.3 is 10.2 Å². The summed E-state index contributed by atoms with van der Waals surface area (Å²) in [4.78, 5) is 28.4. The molecule has 0 fully saturated rings. The Morgan fingerprint density at radius 1 is 1.17 bits per heavy atom. The zero-order valence-electron chi connectivity index (χ0n) is 16.0. The molecule has 3 aromatic heterocycles. The second-order valence-electron chi connectivity index (χ2n) is 6.58. The molecule has 148 valence electrons. The highest BCUT2D eigenvalue weighted by molar-refractivity contribution is 7.17. The first-order chi connectivity index (χ1) is 14.1. The van der Waals surface area contributed by atoms with Crippen LogP contribution in [0.2, 0.25) is 0 Å². The van der Waals surface area contributed by atoms with Crippen molar-refractivity contribution in [3.8, 4) is 0 Å². The molecular formula is C20H20N6OS2. The maximum atomic E-state index is 12.2. The largest absolute Gasteiger partial charge is 0.358 e. The Hall–Kier alpha value is -3.04. The molecule has 4 rings (SSSR count). The number of anilines is 3. The van der Waals surface area contributed by atoms with Gasteiger partial charge in [0.1, 0.15) is 12.1 Å². The summed E-state index contributed by atoms with van der Waals surface area (Å²) in [5, 5.41) is 8.22. The van der Waals surface area contributed by atoms with Crippen LogP contribution in [0.25, 0.3) is 10.2 Å². The van der Waals surface area contributed by atoms with Crippen LogP contribution in [0.15, 0.2) is 48.2 Å². The van der Waals surface area contributed by atoms with Crippen LogP contribution in [0.1, 0.15) is 10.4 Å². The number of nitrogens with one attached hydrogen (secondary N) is 2. The third kappa shape index (κ3) is 4.69. The van der Waals surface area contributed by atoms with E-state index in [2.05, 4.69) is 30.5 Å². The lowest BCUT2D eigenvalue weighted by Crippen LogP contribution is -2.21. The van der Waals surface area contributed by atoms with Crippen molar-refractivity contribution >= 4 is 55.6 Å². The maximum Gasteiger partial charge on any atom is 0.325 e. The van der Waals surface area contributed by atoms with E-state index < -0.39 is 0 Å². The van der Waals surface area contributed by atoms with Gasteiger partial charge in [0.15, 0.2) is 5.13 Å². The normalized spacial score (nSPS) is 10.8. The molecule has 3 heterocycles. The molecule has 0 unspecified atom stereocenters. The molecule has 0 aliphatic heterocycles. The highest BCUT2D eigenvalue weighted by atomic mass is 32.1. The summed E-state index contributed by atoms with van der Waals surface area (Å²) in [5.74, 6) is 0.936. The lowest BCUT2D eigenvalue weighted by molar-refractivity contribution is 0.262. The molecule has 0 aliphatic rings. The number of benzene rings is 1. The number of thiophene rings is 1. The van der Waals surface area contributed by atoms with Crippen molar-refractivity contribution in [2.24, 2.45) is 0 Å². The van der Waals surface area contributed by atoms with Crippen molar-refractivity contribution in [3.05, 3.63) is 58.7 Å². The quantitative estimate of drug-likeness (QED) is 0.465. The molecule has 4 aromatic rings. The summed E-state index contributed by atoms with van der Waals surface area (Å²) in [5.41, 5.74) is 2.81. The number of aryl methyl sites for hydroxylation is 1. The van der Waals surface area contributed by atoms with E-state index in [1.807, 2.05) is 55.9 Å². The minimum Gasteiger partial charge on any atom is -0.358 e. The van der Waals surface area contributed by atoms with Crippen molar-refractivity contribution < 1.29 is 4.79 Å². The van der Waals surface area contributed by atoms with Gasteiger partial charge in [0.25, 0.3) is 0 Å². The van der Waals surface area contributed by atoms with Crippen LogP contribution < -0.4 is 15.5 Å². The van der Waals surface area contributed by atoms with E-state index in [0.717, 1.165) is 45.1 Å². The maximum absolute atomic E-state index is 12.2. The highest BCUT2D eigenvalue weighted by Gasteiger charge is 2.12. The van der Waals surface area contributed by atoms with Crippen molar-refractivity contribution in [1.82, 2.24) is 15.0 Å². The molecule has 1 aromatic carbocycles. The van der Waals surface area contributed by atoms with Crippen molar-refractivity contribution in [1.29, 1.82) is 0 Å². The van der Waals surface area contributed by atoms with Gasteiger partial charge in [-0.05, 0) is 36.1 Å². The van der Waals surface area contributed by atoms with Gasteiger partial charge >= 0.3 is 6.03 Å². The molecule has 0 saturated heterocycles. The van der Waals surface area contributed by atoms with Crippen LogP contribution in [0.5, 0.6) is 0 Å². The minimum atomic E-state index is -0.297. The van der Waals surface area contributed by atoms with Crippen LogP contribution >= 0.6 is 22.7 Å². The van der Waals surface area contributed by atoms with Gasteiger partial charge in [-0.1, -0.05) is 12.1 Å². The molecule has 0 bridgehead atoms. The Morgan fingerprint density at radius 2 is 2.07 bits per heavy atom. The van der Waals surface area contributed by atoms with Gasteiger partial charge in [-0.15, -0.1) is 22.7 Å². The second kappa shape index (κ2) is 8.54. The second-order valence-corrected chi connectivity index (χ2v) is 8.62. The molecular weight excluding hydrogens is 404 g/mol. The van der Waals surface area contributed by atoms with E-state index in [1.54, 1.807) is 17.7 Å². The summed E-state index contributed by atoms with van der Waals surface area (Å²) >= 11 is 3.12. The van der Waals surface area contributed by atoms with Crippen molar-refractivity contribution in [3.63, 3.8) is 0 Å². The van der Waals surface area contributed by atoms with Crippen LogP contribution in [-0.2, 0) is 6.42 Å². The summed E-state index contributed by atoms with van der Waals surface area (Å²) in [6.45, 7) is 2.78. The molecule has 9 heteroatoms. The third-order valence-corrected chi connectivity index (χ3v) is 6.20. The predicted molar refractivity (Wildman–Crippen MR) is 120 cm³/mol. The number of fused-ring (bicyclic) bond motifs is 1. The van der Waals surface area contributed by atoms with Gasteiger partial charge in [0.05, 0.1) is 10.2 Å². The Morgan fingerprint density at radius 3 is 2.93 bits per heavy atom. The molecule has 2 N–H and O–H groups in total. The number of hydrogen-bond acceptors (Lipinski definition) is 7. The van der Waals surface area contributed by atoms with E-state index in [-0.39, 0.29) is 6.03 Å². The number of likely N-dealkylation sites (N-methyl/N-ethyl adjacent to an activating group) is 1. The molecule has 0 spiro atoms. The van der Waals surface area contributed by atoms with Gasteiger partial charge in [-0.25, -0.2) is 19.7 Å². The number of aromatic nitrogens is 3. The van der Waals surface area contributed by atoms with Crippen molar-refractivity contribution in [2.45, 2.75) is 13.3 Å². The minimum absolute atomic E-state index is 0.297. The number of nitrogens with zero attached hydrogens (tertiary/aromatic N) is 4. The number of thiazole rings is 1. The van der Waals surface area contributed by atoms with Gasteiger partial charge in [-0.2, -0.15) is 0 Å². The van der Waals surface area contributed by atoms with E-state index in [0.29, 0.717) is 5.13 Å². The van der Waals surface area contributed by atoms with Crippen LogP contribution in [0.4, 0.5) is 21.4 Å². The zero-order chi connectivity index (χ0) is 20.2. The predicted octanol–water partition coefficient (Wildman–Crippen LogP) is 4.78. The van der Waals surface area contributed by atoms with Gasteiger partial charge in [-0.3, -0.25) is 5.32 Å². The number of hydrogen-bond donors (Lipinski definition) is 2. The number of amides is 2. The molecule has 7 nitrogen and oxygen atoms in total. The Bertz CT molecular complexity index is 1140. The summed E-state index contributed by atoms with van der Waals surface area (Å²) < 4.78 is 1.09. The molecule has 0 aliphatic carbocycles. The molecule has 0 saturated carbocycles. The topological polar surface area (TPSA) is 83.0 Å². The fourth-order valence-corrected chi connectivity index (χ4v) is 4.58. The summed E-state index contributed by atoms with van der Waals surface area (Å²) in [7, 11) is 2.02. The van der Waals surface area contributed by atoms with Gasteiger partial charge in [0.2, 0.25) is 0 Å². The van der Waals surface area contributed by atoms with E-state index in [4.69, 9.17) is 0 Å². The van der Waals surface area contributed by atoms with Crippen LogP contribution in [-0.4, -0.2) is 34.6 Å². The average molecular weight is 425 g/mol. The first kappa shape index (κ1) is 19.3. The number of urea groups is 1. The zero-order valence-corrected chi connectivity index (χ0v) is 17.7. The van der Waals surface area contributed by atoms with Crippen LogP contribution in [0, 0.1) is 6.92 Å². The average Bonchev–Trinajstić information content (AvgIpc) is 3.35. The number of carbonyl (C=O) groups excluding carboxylic acids is 1. The smallest absolute Gasteiger partial charge is 0.325 e. The molecule has 29 heavy (non-hydrogen) atoms. The van der Waals surface area contributed by atoms with E-state index >= 15 is 0 Å². The summed E-state index contributed by atoms with van der Waals surface area (Å²) in [6, 6.07) is 9.37. The molecule has 0 atom stereocenters. The lowest BCUT2D eigenvalue weighted by atomic mass is 10.2. The Labute approximate surface area is 176 Å². The highest BCUT2D eigenvalue weighted by Crippen LogP contribution is 2.27. The SMILES string of the molecule is Cc1cccc(NC(=O)Nc2ncc(CCN(C)c3ncnc4ccsc34)s2)c1. The first-order valence-corrected chi connectivity index (χ1v) is 10.8. The Balaban J connectivity index is 1.33. The van der Waals surface area contributed by atoms with Crippen molar-refractivity contribution in [2.75, 3.05) is 29.1 Å². The van der Waals surface area contributed by atoms with Crippen LogP contribution in [0.3, 0.4) is 0 Å². The molecule has 2 amide bonds. The number of carbonyl (C=O) groups is 1. The standard InChI is InChI=1S/C20H20N6OS2/c1-13-4-3-5-14(10-13)24-19(27)25-20-21-11-15(29-20)6-8-26(2)18-17-16(7-9-28-17)22-12-23-18/h3-5,7,9-12H,6,8H2,1-2H3,(H2,21,24,25,27). The van der Waals surface area contributed by atoms with E-state index in [1.165, 1.54) is 11.3 Å². The summed E-state index contributed by atoms with van der Waals surface area (Å²) in [6.07, 6.45) is 4.22.